The van der Waals surface area contributed by atoms with Crippen molar-refractivity contribution in [3.8, 4) is 5.75 Å². The van der Waals surface area contributed by atoms with Gasteiger partial charge in [0.2, 0.25) is 0 Å². The molecule has 0 radical (unpaired) electrons. The van der Waals surface area contributed by atoms with Crippen LogP contribution in [0, 0.1) is 5.41 Å². The number of ether oxygens (including phenoxy) is 2. The van der Waals surface area contributed by atoms with E-state index in [-0.39, 0.29) is 54.0 Å². The molecule has 2 aromatic rings. The van der Waals surface area contributed by atoms with Crippen molar-refractivity contribution in [1.29, 1.82) is 5.41 Å². The molecule has 0 spiro atoms. The van der Waals surface area contributed by atoms with Crippen molar-refractivity contribution in [2.75, 3.05) is 38.3 Å². The highest BCUT2D eigenvalue weighted by Crippen LogP contribution is 2.43. The van der Waals surface area contributed by atoms with Gasteiger partial charge in [0.15, 0.2) is 5.78 Å². The number of carboxylic acid groups (broad SMARTS) is 1. The van der Waals surface area contributed by atoms with Crippen LogP contribution in [0.1, 0.15) is 72.4 Å². The summed E-state index contributed by atoms with van der Waals surface area (Å²) in [6.07, 6.45) is 1.99. The van der Waals surface area contributed by atoms with Crippen molar-refractivity contribution in [1.82, 2.24) is 9.88 Å². The molecule has 1 unspecified atom stereocenters. The van der Waals surface area contributed by atoms with E-state index in [0.717, 1.165) is 35.3 Å². The number of likely N-dealkylation sites (N-methyl/N-ethyl adjacent to an activating group) is 1. The number of amidine groups is 1. The van der Waals surface area contributed by atoms with E-state index in [9.17, 15) is 9.59 Å². The van der Waals surface area contributed by atoms with Crippen LogP contribution < -0.4 is 9.64 Å². The quantitative estimate of drug-likeness (QED) is 0.443. The average Bonchev–Trinajstić information content (AvgIpc) is 3.63. The number of carbonyl (C=O) groups excluding carboxylic acids is 1. The largest absolute Gasteiger partial charge is 0.484 e. The van der Waals surface area contributed by atoms with Gasteiger partial charge in [0.1, 0.15) is 30.0 Å². The molecule has 204 valence electrons. The molecule has 3 heterocycles. The standard InChI is InChI=1S/C28H34N4O5.BrH/c1-28(2,3)20-9-18(10-22-26(20)37-19(12-31(22)4)14-36-15-24(34)35)23(33)13-32-11-17-7-8-21(16-5-6-16)30-25(17)27(32)29;/h7-10,16,19,29H,5-6,11-15H2,1-4H3,(H,34,35);1H. The molecule has 1 aromatic carbocycles. The Labute approximate surface area is 233 Å². The minimum Gasteiger partial charge on any atom is -0.484 e. The molecule has 2 N–H and O–H groups in total. The molecule has 1 fully saturated rings. The molecule has 1 saturated carbocycles. The average molecular weight is 588 g/mol. The molecule has 0 bridgehead atoms. The summed E-state index contributed by atoms with van der Waals surface area (Å²) < 4.78 is 11.6. The fourth-order valence-corrected chi connectivity index (χ4v) is 4.99. The van der Waals surface area contributed by atoms with Gasteiger partial charge in [-0.2, -0.15) is 0 Å². The molecule has 1 atom stereocenters. The van der Waals surface area contributed by atoms with Crippen LogP contribution in [-0.2, 0) is 21.5 Å². The Balaban J connectivity index is 0.00000336. The Kier molecular flexibility index (Phi) is 7.86. The number of aliphatic carboxylic acids is 1. The first kappa shape index (κ1) is 28.0. The van der Waals surface area contributed by atoms with Crippen molar-refractivity contribution in [3.05, 3.63) is 52.3 Å². The maximum Gasteiger partial charge on any atom is 0.329 e. The predicted molar refractivity (Wildman–Crippen MR) is 149 cm³/mol. The number of ketones is 1. The normalized spacial score (nSPS) is 18.4. The number of carboxylic acids is 1. The van der Waals surface area contributed by atoms with Gasteiger partial charge in [-0.3, -0.25) is 10.2 Å². The third kappa shape index (κ3) is 5.71. The number of hydrogen-bond acceptors (Lipinski definition) is 7. The maximum absolute atomic E-state index is 13.5. The zero-order valence-corrected chi connectivity index (χ0v) is 24.0. The van der Waals surface area contributed by atoms with Crippen molar-refractivity contribution in [2.24, 2.45) is 0 Å². The molecule has 10 heteroatoms. The number of carbonyl (C=O) groups is 2. The maximum atomic E-state index is 13.5. The monoisotopic (exact) mass is 586 g/mol. The first-order valence-electron chi connectivity index (χ1n) is 12.7. The summed E-state index contributed by atoms with van der Waals surface area (Å²) in [5, 5.41) is 17.5. The van der Waals surface area contributed by atoms with Crippen LogP contribution >= 0.6 is 17.0 Å². The number of nitrogens with zero attached hydrogens (tertiary/aromatic N) is 3. The lowest BCUT2D eigenvalue weighted by atomic mass is 9.84. The molecule has 9 nitrogen and oxygen atoms in total. The van der Waals surface area contributed by atoms with E-state index < -0.39 is 5.97 Å². The first-order chi connectivity index (χ1) is 17.5. The molecule has 0 amide bonds. The van der Waals surface area contributed by atoms with Crippen molar-refractivity contribution < 1.29 is 24.2 Å². The summed E-state index contributed by atoms with van der Waals surface area (Å²) in [4.78, 5) is 32.9. The molecular weight excluding hydrogens is 552 g/mol. The zero-order chi connectivity index (χ0) is 26.5. The van der Waals surface area contributed by atoms with Crippen LogP contribution in [0.3, 0.4) is 0 Å². The number of anilines is 1. The van der Waals surface area contributed by atoms with Gasteiger partial charge in [0.25, 0.3) is 0 Å². The van der Waals surface area contributed by atoms with E-state index in [4.69, 9.17) is 25.0 Å². The van der Waals surface area contributed by atoms with E-state index in [0.29, 0.717) is 41.8 Å². The lowest BCUT2D eigenvalue weighted by Gasteiger charge is -2.37. The van der Waals surface area contributed by atoms with Crippen molar-refractivity contribution in [2.45, 2.75) is 57.6 Å². The van der Waals surface area contributed by atoms with E-state index in [1.165, 1.54) is 0 Å². The van der Waals surface area contributed by atoms with Gasteiger partial charge in [-0.1, -0.05) is 26.8 Å². The van der Waals surface area contributed by atoms with Gasteiger partial charge in [0, 0.05) is 41.9 Å². The minimum atomic E-state index is -1.02. The van der Waals surface area contributed by atoms with Crippen LogP contribution in [0.15, 0.2) is 24.3 Å². The Morgan fingerprint density at radius 2 is 1.97 bits per heavy atom. The van der Waals surface area contributed by atoms with Crippen LogP contribution in [0.25, 0.3) is 0 Å². The molecule has 2 aliphatic heterocycles. The summed E-state index contributed by atoms with van der Waals surface area (Å²) in [5.41, 5.74) is 4.74. The number of aromatic nitrogens is 1. The Hall–Kier alpha value is -2.98. The van der Waals surface area contributed by atoms with Gasteiger partial charge in [0.05, 0.1) is 25.4 Å². The van der Waals surface area contributed by atoms with E-state index in [1.807, 2.05) is 24.1 Å². The Morgan fingerprint density at radius 1 is 1.24 bits per heavy atom. The molecule has 38 heavy (non-hydrogen) atoms. The highest BCUT2D eigenvalue weighted by atomic mass is 79.9. The molecule has 1 aliphatic carbocycles. The van der Waals surface area contributed by atoms with Gasteiger partial charge < -0.3 is 24.4 Å². The smallest absolute Gasteiger partial charge is 0.329 e. The number of Topliss-reactive ketones (excluding diaryl/α,β-unsaturated/α-hetero) is 1. The number of benzene rings is 1. The second-order valence-corrected chi connectivity index (χ2v) is 11.3. The third-order valence-electron chi connectivity index (χ3n) is 7.13. The number of fused-ring (bicyclic) bond motifs is 2. The summed E-state index contributed by atoms with van der Waals surface area (Å²) in [7, 11) is 1.93. The third-order valence-corrected chi connectivity index (χ3v) is 7.13. The number of rotatable bonds is 8. The van der Waals surface area contributed by atoms with Gasteiger partial charge in [-0.05, 0) is 36.5 Å². The summed E-state index contributed by atoms with van der Waals surface area (Å²) >= 11 is 0. The van der Waals surface area contributed by atoms with E-state index >= 15 is 0 Å². The predicted octanol–water partition coefficient (Wildman–Crippen LogP) is 4.16. The lowest BCUT2D eigenvalue weighted by Crippen LogP contribution is -2.42. The van der Waals surface area contributed by atoms with Gasteiger partial charge in [-0.25, -0.2) is 9.78 Å². The topological polar surface area (TPSA) is 116 Å². The van der Waals surface area contributed by atoms with Crippen molar-refractivity contribution >= 4 is 40.3 Å². The highest BCUT2D eigenvalue weighted by molar-refractivity contribution is 8.93. The number of hydrogen-bond donors (Lipinski definition) is 2. The number of nitrogens with one attached hydrogen (secondary N) is 1. The summed E-state index contributed by atoms with van der Waals surface area (Å²) in [6, 6.07) is 7.86. The lowest BCUT2D eigenvalue weighted by molar-refractivity contribution is -0.143. The van der Waals surface area contributed by atoms with Crippen LogP contribution in [0.4, 0.5) is 5.69 Å². The van der Waals surface area contributed by atoms with Crippen molar-refractivity contribution in [3.63, 3.8) is 0 Å². The summed E-state index contributed by atoms with van der Waals surface area (Å²) in [6.45, 7) is 7.12. The molecule has 5 rings (SSSR count). The summed E-state index contributed by atoms with van der Waals surface area (Å²) in [5.74, 6) is 0.442. The van der Waals surface area contributed by atoms with Crippen LogP contribution in [-0.4, -0.2) is 72.0 Å². The fourth-order valence-electron chi connectivity index (χ4n) is 4.99. The number of halogens is 1. The highest BCUT2D eigenvalue weighted by Gasteiger charge is 2.34. The Bertz CT molecular complexity index is 1270. The van der Waals surface area contributed by atoms with Gasteiger partial charge >= 0.3 is 5.97 Å². The molecule has 3 aliphatic rings. The van der Waals surface area contributed by atoms with Crippen LogP contribution in [0.5, 0.6) is 5.75 Å². The molecule has 1 aromatic heterocycles. The fraction of sp³-hybridized carbons (Fsp3) is 0.500. The Morgan fingerprint density at radius 3 is 2.63 bits per heavy atom. The second kappa shape index (κ2) is 10.6. The molecular formula is C28H35BrN4O5. The van der Waals surface area contributed by atoms with E-state index in [2.05, 4.69) is 32.9 Å². The zero-order valence-electron chi connectivity index (χ0n) is 22.2. The minimum absolute atomic E-state index is 0. The first-order valence-corrected chi connectivity index (χ1v) is 12.7. The SMILES string of the molecule is Br.CN1CC(COCC(=O)O)Oc2c1cc(C(=O)CN1Cc3ccc(C4CC4)nc3C1=N)cc2C(C)(C)C. The molecule has 0 saturated heterocycles. The second-order valence-electron chi connectivity index (χ2n) is 11.3. The van der Waals surface area contributed by atoms with Crippen LogP contribution in [0.2, 0.25) is 0 Å². The van der Waals surface area contributed by atoms with Gasteiger partial charge in [-0.15, -0.1) is 17.0 Å². The van der Waals surface area contributed by atoms with E-state index in [1.54, 1.807) is 4.90 Å². The number of pyridine rings is 1.